The minimum atomic E-state index is -0.0961. The summed E-state index contributed by atoms with van der Waals surface area (Å²) >= 11 is 1.73. The van der Waals surface area contributed by atoms with Crippen LogP contribution in [-0.4, -0.2) is 24.4 Å². The minimum absolute atomic E-state index is 0.0961. The van der Waals surface area contributed by atoms with E-state index in [1.165, 1.54) is 4.88 Å². The average Bonchev–Trinajstić information content (AvgIpc) is 2.81. The molecule has 1 rings (SSSR count). The zero-order valence-corrected chi connectivity index (χ0v) is 11.2. The summed E-state index contributed by atoms with van der Waals surface area (Å²) in [5.74, 6) is 0.0323. The molecule has 3 nitrogen and oxygen atoms in total. The second kappa shape index (κ2) is 7.08. The predicted octanol–water partition coefficient (Wildman–Crippen LogP) is 2.69. The second-order valence-corrected chi connectivity index (χ2v) is 5.27. The summed E-state index contributed by atoms with van der Waals surface area (Å²) in [5.41, 5.74) is 0. The first-order valence-corrected chi connectivity index (χ1v) is 6.67. The van der Waals surface area contributed by atoms with Gasteiger partial charge in [-0.3, -0.25) is 4.79 Å². The van der Waals surface area contributed by atoms with E-state index in [1.807, 2.05) is 13.0 Å². The number of rotatable bonds is 6. The van der Waals surface area contributed by atoms with E-state index >= 15 is 0 Å². The van der Waals surface area contributed by atoms with E-state index in [2.05, 4.69) is 17.5 Å². The van der Waals surface area contributed by atoms with Crippen LogP contribution in [0.5, 0.6) is 0 Å². The number of amides is 1. The zero-order valence-electron chi connectivity index (χ0n) is 10.3. The topological polar surface area (TPSA) is 44.1 Å². The van der Waals surface area contributed by atoms with Crippen molar-refractivity contribution in [1.82, 2.24) is 4.90 Å². The molecule has 1 aromatic rings. The molecule has 1 unspecified atom stereocenters. The Morgan fingerprint density at radius 3 is 3.00 bits per heavy atom. The van der Waals surface area contributed by atoms with Crippen LogP contribution < -0.4 is 0 Å². The van der Waals surface area contributed by atoms with E-state index in [0.29, 0.717) is 13.0 Å². The van der Waals surface area contributed by atoms with Gasteiger partial charge in [0.05, 0.1) is 12.0 Å². The zero-order chi connectivity index (χ0) is 12.7. The number of carbonyl (C=O) groups excluding carboxylic acids is 1. The number of hydrogen-bond acceptors (Lipinski definition) is 3. The van der Waals surface area contributed by atoms with E-state index in [4.69, 9.17) is 5.26 Å². The lowest BCUT2D eigenvalue weighted by atomic mass is 10.1. The summed E-state index contributed by atoms with van der Waals surface area (Å²) in [7, 11) is 1.77. The number of nitriles is 1. The van der Waals surface area contributed by atoms with Crippen molar-refractivity contribution < 1.29 is 4.79 Å². The van der Waals surface area contributed by atoms with Crippen LogP contribution in [0.25, 0.3) is 0 Å². The van der Waals surface area contributed by atoms with Gasteiger partial charge in [-0.1, -0.05) is 6.07 Å². The Bertz CT molecular complexity index is 381. The second-order valence-electron chi connectivity index (χ2n) is 4.24. The molecule has 17 heavy (non-hydrogen) atoms. The van der Waals surface area contributed by atoms with Gasteiger partial charge in [0, 0.05) is 24.9 Å². The molecule has 0 aliphatic rings. The van der Waals surface area contributed by atoms with Crippen LogP contribution in [0.3, 0.4) is 0 Å². The standard InChI is InChI=1S/C13H18N2OS/c1-11(9-14)10-15(2)13(16)7-3-5-12-6-4-8-17-12/h4,6,8,11H,3,5,7,10H2,1-2H3. The lowest BCUT2D eigenvalue weighted by Gasteiger charge is -2.18. The maximum absolute atomic E-state index is 11.7. The van der Waals surface area contributed by atoms with Crippen LogP contribution in [0.4, 0.5) is 0 Å². The highest BCUT2D eigenvalue weighted by Crippen LogP contribution is 2.12. The van der Waals surface area contributed by atoms with Gasteiger partial charge in [-0.2, -0.15) is 5.26 Å². The molecule has 4 heteroatoms. The minimum Gasteiger partial charge on any atom is -0.344 e. The molecule has 0 aromatic carbocycles. The Labute approximate surface area is 107 Å². The SMILES string of the molecule is CC(C#N)CN(C)C(=O)CCCc1cccs1. The summed E-state index contributed by atoms with van der Waals surface area (Å²) in [4.78, 5) is 14.7. The first-order valence-electron chi connectivity index (χ1n) is 5.79. The van der Waals surface area contributed by atoms with Crippen molar-refractivity contribution >= 4 is 17.2 Å². The molecule has 0 saturated carbocycles. The van der Waals surface area contributed by atoms with Gasteiger partial charge < -0.3 is 4.90 Å². The molecule has 0 radical (unpaired) electrons. The normalized spacial score (nSPS) is 11.8. The van der Waals surface area contributed by atoms with Crippen LogP contribution in [0.15, 0.2) is 17.5 Å². The average molecular weight is 250 g/mol. The third-order valence-electron chi connectivity index (χ3n) is 2.59. The van der Waals surface area contributed by atoms with Gasteiger partial charge in [0.25, 0.3) is 0 Å². The number of aryl methyl sites for hydroxylation is 1. The van der Waals surface area contributed by atoms with Crippen molar-refractivity contribution in [2.24, 2.45) is 5.92 Å². The molecule has 0 N–H and O–H groups in total. The molecular weight excluding hydrogens is 232 g/mol. The monoisotopic (exact) mass is 250 g/mol. The molecule has 0 spiro atoms. The van der Waals surface area contributed by atoms with Crippen LogP contribution in [-0.2, 0) is 11.2 Å². The lowest BCUT2D eigenvalue weighted by molar-refractivity contribution is -0.130. The molecule has 0 aliphatic heterocycles. The van der Waals surface area contributed by atoms with E-state index in [1.54, 1.807) is 23.3 Å². The summed E-state index contributed by atoms with van der Waals surface area (Å²) < 4.78 is 0. The van der Waals surface area contributed by atoms with Crippen LogP contribution >= 0.6 is 11.3 Å². The van der Waals surface area contributed by atoms with Crippen LogP contribution in [0.2, 0.25) is 0 Å². The van der Waals surface area contributed by atoms with Crippen LogP contribution in [0, 0.1) is 17.2 Å². The lowest BCUT2D eigenvalue weighted by Crippen LogP contribution is -2.30. The van der Waals surface area contributed by atoms with Gasteiger partial charge in [0.1, 0.15) is 0 Å². The summed E-state index contributed by atoms with van der Waals surface area (Å²) in [5, 5.41) is 10.7. The predicted molar refractivity (Wildman–Crippen MR) is 69.7 cm³/mol. The summed E-state index contributed by atoms with van der Waals surface area (Å²) in [6, 6.07) is 6.26. The van der Waals surface area contributed by atoms with Gasteiger partial charge in [0.15, 0.2) is 0 Å². The Balaban J connectivity index is 2.23. The molecule has 92 valence electrons. The van der Waals surface area contributed by atoms with Gasteiger partial charge in [-0.25, -0.2) is 0 Å². The smallest absolute Gasteiger partial charge is 0.222 e. The largest absolute Gasteiger partial charge is 0.344 e. The maximum Gasteiger partial charge on any atom is 0.222 e. The summed E-state index contributed by atoms with van der Waals surface area (Å²) in [6.07, 6.45) is 2.40. The van der Waals surface area contributed by atoms with Crippen molar-refractivity contribution in [2.45, 2.75) is 26.2 Å². The molecular formula is C13H18N2OS. The Kier molecular flexibility index (Phi) is 5.71. The highest BCUT2D eigenvalue weighted by atomic mass is 32.1. The van der Waals surface area contributed by atoms with Crippen molar-refractivity contribution in [3.05, 3.63) is 22.4 Å². The van der Waals surface area contributed by atoms with Crippen LogP contribution in [0.1, 0.15) is 24.6 Å². The van der Waals surface area contributed by atoms with Gasteiger partial charge in [-0.15, -0.1) is 11.3 Å². The number of carbonyl (C=O) groups is 1. The van der Waals surface area contributed by atoms with Gasteiger partial charge >= 0.3 is 0 Å². The van der Waals surface area contributed by atoms with E-state index in [0.717, 1.165) is 12.8 Å². The Morgan fingerprint density at radius 2 is 2.41 bits per heavy atom. The quantitative estimate of drug-likeness (QED) is 0.779. The number of hydrogen-bond donors (Lipinski definition) is 0. The third-order valence-corrected chi connectivity index (χ3v) is 3.52. The van der Waals surface area contributed by atoms with E-state index in [-0.39, 0.29) is 11.8 Å². The molecule has 1 heterocycles. The molecule has 0 bridgehead atoms. The molecule has 1 amide bonds. The molecule has 1 atom stereocenters. The van der Waals surface area contributed by atoms with Gasteiger partial charge in [0.2, 0.25) is 5.91 Å². The molecule has 0 saturated heterocycles. The summed E-state index contributed by atoms with van der Waals surface area (Å²) in [6.45, 7) is 2.35. The number of thiophene rings is 1. The Morgan fingerprint density at radius 1 is 1.65 bits per heavy atom. The van der Waals surface area contributed by atoms with Crippen molar-refractivity contribution in [3.8, 4) is 6.07 Å². The fourth-order valence-corrected chi connectivity index (χ4v) is 2.36. The highest BCUT2D eigenvalue weighted by Gasteiger charge is 2.11. The molecule has 1 aromatic heterocycles. The Hall–Kier alpha value is -1.34. The van der Waals surface area contributed by atoms with E-state index < -0.39 is 0 Å². The van der Waals surface area contributed by atoms with E-state index in [9.17, 15) is 4.79 Å². The van der Waals surface area contributed by atoms with Crippen molar-refractivity contribution in [3.63, 3.8) is 0 Å². The maximum atomic E-state index is 11.7. The third kappa shape index (κ3) is 5.01. The number of nitrogens with zero attached hydrogens (tertiary/aromatic N) is 2. The highest BCUT2D eigenvalue weighted by molar-refractivity contribution is 7.09. The first-order chi connectivity index (χ1) is 8.13. The first kappa shape index (κ1) is 13.7. The van der Waals surface area contributed by atoms with Gasteiger partial charge in [-0.05, 0) is 31.2 Å². The fourth-order valence-electron chi connectivity index (χ4n) is 1.61. The molecule has 0 aliphatic carbocycles. The molecule has 0 fully saturated rings. The fraction of sp³-hybridized carbons (Fsp3) is 0.538. The van der Waals surface area contributed by atoms with Crippen molar-refractivity contribution in [1.29, 1.82) is 5.26 Å². The van der Waals surface area contributed by atoms with Crippen molar-refractivity contribution in [2.75, 3.05) is 13.6 Å².